The largest absolute Gasteiger partial charge is 0.352 e. The van der Waals surface area contributed by atoms with E-state index >= 15 is 0 Å². The second kappa shape index (κ2) is 7.82. The van der Waals surface area contributed by atoms with Crippen LogP contribution in [0.5, 0.6) is 0 Å². The number of amides is 1. The van der Waals surface area contributed by atoms with Gasteiger partial charge < -0.3 is 5.32 Å². The van der Waals surface area contributed by atoms with Gasteiger partial charge in [0.05, 0.1) is 17.6 Å². The molecule has 1 saturated heterocycles. The molecule has 1 aliphatic heterocycles. The lowest BCUT2D eigenvalue weighted by molar-refractivity contribution is -0.126. The summed E-state index contributed by atoms with van der Waals surface area (Å²) in [6.45, 7) is 5.18. The van der Waals surface area contributed by atoms with E-state index in [2.05, 4.69) is 10.4 Å². The van der Waals surface area contributed by atoms with E-state index in [0.29, 0.717) is 32.5 Å². The first-order valence-corrected chi connectivity index (χ1v) is 11.0. The van der Waals surface area contributed by atoms with Crippen molar-refractivity contribution in [3.05, 3.63) is 47.3 Å². The third-order valence-corrected chi connectivity index (χ3v) is 6.48. The monoisotopic (exact) mass is 390 g/mol. The molecule has 1 aromatic carbocycles. The molecule has 1 aliphatic rings. The smallest absolute Gasteiger partial charge is 0.223 e. The van der Waals surface area contributed by atoms with E-state index in [0.717, 1.165) is 22.6 Å². The number of aryl methyl sites for hydroxylation is 1. The van der Waals surface area contributed by atoms with Crippen molar-refractivity contribution < 1.29 is 13.2 Å². The summed E-state index contributed by atoms with van der Waals surface area (Å²) in [6.07, 6.45) is 2.32. The first-order valence-electron chi connectivity index (χ1n) is 9.10. The Morgan fingerprint density at radius 1 is 1.19 bits per heavy atom. The van der Waals surface area contributed by atoms with Crippen molar-refractivity contribution in [3.63, 3.8) is 0 Å². The van der Waals surface area contributed by atoms with Gasteiger partial charge >= 0.3 is 0 Å². The molecule has 2 aromatic rings. The summed E-state index contributed by atoms with van der Waals surface area (Å²) in [5.74, 6) is -0.165. The van der Waals surface area contributed by atoms with Crippen molar-refractivity contribution in [2.75, 3.05) is 19.3 Å². The van der Waals surface area contributed by atoms with Crippen LogP contribution >= 0.6 is 0 Å². The highest BCUT2D eigenvalue weighted by atomic mass is 32.2. The van der Waals surface area contributed by atoms with E-state index in [9.17, 15) is 13.2 Å². The van der Waals surface area contributed by atoms with Gasteiger partial charge in [-0.15, -0.1) is 0 Å². The van der Waals surface area contributed by atoms with Crippen LogP contribution in [-0.2, 0) is 21.4 Å². The Balaban J connectivity index is 1.62. The zero-order chi connectivity index (χ0) is 19.6. The normalized spacial score (nSPS) is 16.4. The highest BCUT2D eigenvalue weighted by molar-refractivity contribution is 7.88. The van der Waals surface area contributed by atoms with Gasteiger partial charge in [0, 0.05) is 36.8 Å². The third-order valence-electron chi connectivity index (χ3n) is 5.18. The highest BCUT2D eigenvalue weighted by Gasteiger charge is 2.29. The van der Waals surface area contributed by atoms with E-state index in [4.69, 9.17) is 0 Å². The first kappa shape index (κ1) is 19.6. The molecule has 0 atom stereocenters. The van der Waals surface area contributed by atoms with Crippen LogP contribution in [0.25, 0.3) is 5.69 Å². The second-order valence-electron chi connectivity index (χ2n) is 7.05. The van der Waals surface area contributed by atoms with Crippen molar-refractivity contribution in [1.29, 1.82) is 0 Å². The van der Waals surface area contributed by atoms with Gasteiger partial charge in [0.1, 0.15) is 0 Å². The van der Waals surface area contributed by atoms with Crippen LogP contribution in [0.4, 0.5) is 0 Å². The summed E-state index contributed by atoms with van der Waals surface area (Å²) in [5.41, 5.74) is 3.90. The minimum atomic E-state index is -3.17. The van der Waals surface area contributed by atoms with Crippen molar-refractivity contribution in [3.8, 4) is 5.69 Å². The maximum Gasteiger partial charge on any atom is 0.223 e. The van der Waals surface area contributed by atoms with E-state index in [-0.39, 0.29) is 11.8 Å². The van der Waals surface area contributed by atoms with Crippen LogP contribution in [0.3, 0.4) is 0 Å². The Morgan fingerprint density at radius 2 is 1.81 bits per heavy atom. The Morgan fingerprint density at radius 3 is 2.41 bits per heavy atom. The van der Waals surface area contributed by atoms with Crippen LogP contribution in [0.2, 0.25) is 0 Å². The molecule has 146 valence electrons. The number of aromatic nitrogens is 2. The summed E-state index contributed by atoms with van der Waals surface area (Å²) >= 11 is 0. The number of piperidine rings is 1. The van der Waals surface area contributed by atoms with Crippen LogP contribution in [0.15, 0.2) is 30.3 Å². The summed E-state index contributed by atoms with van der Waals surface area (Å²) in [4.78, 5) is 12.5. The topological polar surface area (TPSA) is 84.3 Å². The van der Waals surface area contributed by atoms with E-state index in [1.807, 2.05) is 48.9 Å². The zero-order valence-electron chi connectivity index (χ0n) is 16.0. The molecule has 0 unspecified atom stereocenters. The first-order chi connectivity index (χ1) is 12.8. The van der Waals surface area contributed by atoms with Crippen LogP contribution in [0, 0.1) is 19.8 Å². The van der Waals surface area contributed by atoms with Gasteiger partial charge in [-0.05, 0) is 38.8 Å². The SMILES string of the molecule is Cc1nn(-c2ccccc2)c(C)c1CNC(=O)C1CCN(S(C)(=O)=O)CC1. The number of carbonyl (C=O) groups is 1. The summed E-state index contributed by atoms with van der Waals surface area (Å²) in [6, 6.07) is 9.90. The molecule has 0 saturated carbocycles. The number of rotatable bonds is 5. The molecule has 2 heterocycles. The van der Waals surface area contributed by atoms with Crippen LogP contribution in [-0.4, -0.2) is 47.8 Å². The standard InChI is InChI=1S/C19H26N4O3S/c1-14-18(15(2)23(21-14)17-7-5-4-6-8-17)13-20-19(24)16-9-11-22(12-10-16)27(3,25)26/h4-8,16H,9-13H2,1-3H3,(H,20,24). The van der Waals surface area contributed by atoms with Crippen molar-refractivity contribution in [2.24, 2.45) is 5.92 Å². The molecule has 1 amide bonds. The van der Waals surface area contributed by atoms with Gasteiger partial charge in [-0.2, -0.15) is 5.10 Å². The number of carbonyl (C=O) groups excluding carboxylic acids is 1. The molecule has 3 rings (SSSR count). The van der Waals surface area contributed by atoms with E-state index in [1.54, 1.807) is 0 Å². The molecular weight excluding hydrogens is 364 g/mol. The molecular formula is C19H26N4O3S. The number of hydrogen-bond donors (Lipinski definition) is 1. The minimum Gasteiger partial charge on any atom is -0.352 e. The third kappa shape index (κ3) is 4.39. The Bertz CT molecular complexity index is 914. The lowest BCUT2D eigenvalue weighted by Gasteiger charge is -2.29. The zero-order valence-corrected chi connectivity index (χ0v) is 16.8. The average Bonchev–Trinajstić information content (AvgIpc) is 2.94. The molecule has 1 aromatic heterocycles. The van der Waals surface area contributed by atoms with Crippen molar-refractivity contribution >= 4 is 15.9 Å². The maximum absolute atomic E-state index is 12.5. The summed E-state index contributed by atoms with van der Waals surface area (Å²) in [7, 11) is -3.17. The van der Waals surface area contributed by atoms with Gasteiger partial charge in [-0.1, -0.05) is 18.2 Å². The predicted molar refractivity (Wildman–Crippen MR) is 104 cm³/mol. The number of hydrogen-bond acceptors (Lipinski definition) is 4. The van der Waals surface area contributed by atoms with Gasteiger partial charge in [-0.3, -0.25) is 4.79 Å². The lowest BCUT2D eigenvalue weighted by Crippen LogP contribution is -2.42. The number of nitrogens with one attached hydrogen (secondary N) is 1. The number of para-hydroxylation sites is 1. The fourth-order valence-electron chi connectivity index (χ4n) is 3.52. The number of benzene rings is 1. The molecule has 27 heavy (non-hydrogen) atoms. The number of sulfonamides is 1. The lowest BCUT2D eigenvalue weighted by atomic mass is 9.97. The van der Waals surface area contributed by atoms with Gasteiger partial charge in [0.2, 0.25) is 15.9 Å². The fourth-order valence-corrected chi connectivity index (χ4v) is 4.39. The number of nitrogens with zero attached hydrogens (tertiary/aromatic N) is 3. The molecule has 1 fully saturated rings. The minimum absolute atomic E-state index is 0.0191. The van der Waals surface area contributed by atoms with Gasteiger partial charge in [-0.25, -0.2) is 17.4 Å². The molecule has 7 nitrogen and oxygen atoms in total. The quantitative estimate of drug-likeness (QED) is 0.843. The van der Waals surface area contributed by atoms with Crippen LogP contribution in [0.1, 0.15) is 29.8 Å². The van der Waals surface area contributed by atoms with Crippen molar-refractivity contribution in [2.45, 2.75) is 33.2 Å². The molecule has 1 N–H and O–H groups in total. The molecule has 0 bridgehead atoms. The average molecular weight is 391 g/mol. The molecule has 0 spiro atoms. The van der Waals surface area contributed by atoms with Crippen LogP contribution < -0.4 is 5.32 Å². The Labute approximate surface area is 160 Å². The fraction of sp³-hybridized carbons (Fsp3) is 0.474. The van der Waals surface area contributed by atoms with Gasteiger partial charge in [0.15, 0.2) is 0 Å². The second-order valence-corrected chi connectivity index (χ2v) is 9.03. The molecule has 8 heteroatoms. The Hall–Kier alpha value is -2.19. The molecule has 0 aliphatic carbocycles. The summed E-state index contributed by atoms with van der Waals surface area (Å²) < 4.78 is 26.5. The Kier molecular flexibility index (Phi) is 5.67. The van der Waals surface area contributed by atoms with E-state index in [1.165, 1.54) is 10.6 Å². The van der Waals surface area contributed by atoms with Crippen molar-refractivity contribution in [1.82, 2.24) is 19.4 Å². The maximum atomic E-state index is 12.5. The van der Waals surface area contributed by atoms with Gasteiger partial charge in [0.25, 0.3) is 0 Å². The van der Waals surface area contributed by atoms with E-state index < -0.39 is 10.0 Å². The predicted octanol–water partition coefficient (Wildman–Crippen LogP) is 1.78. The highest BCUT2D eigenvalue weighted by Crippen LogP contribution is 2.21. The summed E-state index contributed by atoms with van der Waals surface area (Å²) in [5, 5.41) is 7.61. The molecule has 0 radical (unpaired) electrons.